The molecule has 0 radical (unpaired) electrons. The van der Waals surface area contributed by atoms with E-state index in [-0.39, 0.29) is 33.1 Å². The van der Waals surface area contributed by atoms with Gasteiger partial charge in [0.25, 0.3) is 0 Å². The van der Waals surface area contributed by atoms with Gasteiger partial charge in [-0.25, -0.2) is 0 Å². The Balaban J connectivity index is 2.08. The highest BCUT2D eigenvalue weighted by Gasteiger charge is 2.20. The van der Waals surface area contributed by atoms with Crippen LogP contribution in [0.4, 0.5) is 0 Å². The van der Waals surface area contributed by atoms with E-state index < -0.39 is 34.4 Å². The Morgan fingerprint density at radius 2 is 1.08 bits per heavy atom. The van der Waals surface area contributed by atoms with E-state index in [0.717, 1.165) is 24.7 Å². The maximum absolute atomic E-state index is 12.6. The fourth-order valence-corrected chi connectivity index (χ4v) is 2.60. The summed E-state index contributed by atoms with van der Waals surface area (Å²) < 4.78 is 10.4. The molecule has 4 N–H and O–H groups in total. The third-order valence-corrected chi connectivity index (χ3v) is 3.74. The summed E-state index contributed by atoms with van der Waals surface area (Å²) in [6.45, 7) is 0. The van der Waals surface area contributed by atoms with Crippen molar-refractivity contribution in [3.63, 3.8) is 0 Å². The molecular weight excluding hydrogens is 348 g/mol. The molecule has 0 atom stereocenters. The lowest BCUT2D eigenvalue weighted by Crippen LogP contribution is -2.13. The van der Waals surface area contributed by atoms with E-state index in [4.69, 9.17) is 8.83 Å². The van der Waals surface area contributed by atoms with Crippen molar-refractivity contribution in [2.45, 2.75) is 0 Å². The fourth-order valence-electron chi connectivity index (χ4n) is 2.60. The Bertz CT molecular complexity index is 1220. The summed E-state index contributed by atoms with van der Waals surface area (Å²) in [6, 6.07) is 2.06. The van der Waals surface area contributed by atoms with E-state index in [2.05, 4.69) is 9.97 Å². The first-order chi connectivity index (χ1) is 12.4. The quantitative estimate of drug-likeness (QED) is 0.388. The summed E-state index contributed by atoms with van der Waals surface area (Å²) in [5.41, 5.74) is -2.39. The number of nitrogens with zero attached hydrogens (tertiary/aromatic N) is 2. The minimum atomic E-state index is -0.797. The lowest BCUT2D eigenvalue weighted by molar-refractivity contribution is 0.414. The van der Waals surface area contributed by atoms with Gasteiger partial charge in [0.1, 0.15) is 34.5 Å². The third-order valence-electron chi connectivity index (χ3n) is 3.74. The standard InChI is InChI=1S/C16H8N2O8/c19-9-1-7-11(15(23)17-9)13(21)5(3-25-7)6-4-26-8-2-10(20)18-16(24)12(8)14(6)22/h1-4H,(H2,17,19,23)(H2,18,20,24). The highest BCUT2D eigenvalue weighted by molar-refractivity contribution is 5.89. The van der Waals surface area contributed by atoms with Gasteiger partial charge in [0.05, 0.1) is 11.1 Å². The van der Waals surface area contributed by atoms with E-state index in [1.165, 1.54) is 0 Å². The normalized spacial score (nSPS) is 11.2. The molecule has 10 heteroatoms. The Morgan fingerprint density at radius 1 is 0.692 bits per heavy atom. The first kappa shape index (κ1) is 15.4. The molecule has 4 rings (SSSR count). The molecular formula is C16H8N2O8. The molecule has 4 heterocycles. The van der Waals surface area contributed by atoms with Crippen LogP contribution in [0.3, 0.4) is 0 Å². The number of hydrogen-bond acceptors (Lipinski definition) is 10. The number of aromatic nitrogens is 2. The Morgan fingerprint density at radius 3 is 1.46 bits per heavy atom. The van der Waals surface area contributed by atoms with Gasteiger partial charge in [-0.05, 0) is 0 Å². The average Bonchev–Trinajstić information content (AvgIpc) is 2.55. The van der Waals surface area contributed by atoms with Crippen molar-refractivity contribution in [1.82, 2.24) is 9.97 Å². The Labute approximate surface area is 141 Å². The highest BCUT2D eigenvalue weighted by atomic mass is 16.3. The smallest absolute Gasteiger partial charge is 0.229 e. The summed E-state index contributed by atoms with van der Waals surface area (Å²) in [7, 11) is 0. The molecule has 0 aliphatic rings. The van der Waals surface area contributed by atoms with E-state index in [9.17, 15) is 30.0 Å². The largest absolute Gasteiger partial charge is 0.493 e. The molecule has 10 nitrogen and oxygen atoms in total. The molecule has 0 bridgehead atoms. The first-order valence-electron chi connectivity index (χ1n) is 7.06. The molecule has 0 fully saturated rings. The number of rotatable bonds is 1. The molecule has 0 spiro atoms. The average molecular weight is 356 g/mol. The predicted molar refractivity (Wildman–Crippen MR) is 86.2 cm³/mol. The summed E-state index contributed by atoms with van der Waals surface area (Å²) in [4.78, 5) is 32.0. The second kappa shape index (κ2) is 5.21. The highest BCUT2D eigenvalue weighted by Crippen LogP contribution is 2.28. The van der Waals surface area contributed by atoms with Gasteiger partial charge in [0.15, 0.2) is 0 Å². The second-order valence-electron chi connectivity index (χ2n) is 5.31. The van der Waals surface area contributed by atoms with E-state index in [1.807, 2.05) is 0 Å². The molecule has 4 aromatic heterocycles. The molecule has 130 valence electrons. The molecule has 0 amide bonds. The van der Waals surface area contributed by atoms with Gasteiger partial charge in [-0.3, -0.25) is 9.59 Å². The van der Waals surface area contributed by atoms with Crippen LogP contribution in [0, 0.1) is 0 Å². The molecule has 0 saturated heterocycles. The molecule has 0 unspecified atom stereocenters. The van der Waals surface area contributed by atoms with Crippen LogP contribution >= 0.6 is 0 Å². The van der Waals surface area contributed by atoms with Gasteiger partial charge in [0, 0.05) is 12.1 Å². The van der Waals surface area contributed by atoms with Crippen LogP contribution in [-0.4, -0.2) is 30.4 Å². The van der Waals surface area contributed by atoms with Crippen molar-refractivity contribution in [3.05, 3.63) is 45.1 Å². The van der Waals surface area contributed by atoms with Crippen LogP contribution in [0.25, 0.3) is 33.1 Å². The SMILES string of the molecule is O=c1c(-c2coc3cc(O)nc(O)c3c2=O)coc2cc(O)nc(O)c12. The predicted octanol–water partition coefficient (Wildman–Crippen LogP) is 1.18. The van der Waals surface area contributed by atoms with Gasteiger partial charge >= 0.3 is 0 Å². The third kappa shape index (κ3) is 2.13. The second-order valence-corrected chi connectivity index (χ2v) is 5.31. The summed E-state index contributed by atoms with van der Waals surface area (Å²) >= 11 is 0. The van der Waals surface area contributed by atoms with Crippen LogP contribution in [0.15, 0.2) is 43.1 Å². The van der Waals surface area contributed by atoms with Crippen molar-refractivity contribution in [1.29, 1.82) is 0 Å². The van der Waals surface area contributed by atoms with Crippen LogP contribution in [-0.2, 0) is 0 Å². The minimum Gasteiger partial charge on any atom is -0.493 e. The van der Waals surface area contributed by atoms with Gasteiger partial charge in [-0.2, -0.15) is 9.97 Å². The number of aromatic hydroxyl groups is 4. The van der Waals surface area contributed by atoms with Crippen molar-refractivity contribution < 1.29 is 29.3 Å². The lowest BCUT2D eigenvalue weighted by atomic mass is 10.1. The van der Waals surface area contributed by atoms with Crippen molar-refractivity contribution >= 4 is 21.9 Å². The van der Waals surface area contributed by atoms with Crippen molar-refractivity contribution in [2.75, 3.05) is 0 Å². The zero-order chi connectivity index (χ0) is 18.6. The van der Waals surface area contributed by atoms with Gasteiger partial charge in [-0.15, -0.1) is 0 Å². The summed E-state index contributed by atoms with van der Waals surface area (Å²) in [5.74, 6) is -2.63. The van der Waals surface area contributed by atoms with Gasteiger partial charge < -0.3 is 29.3 Å². The zero-order valence-corrected chi connectivity index (χ0v) is 12.6. The van der Waals surface area contributed by atoms with Gasteiger partial charge in [-0.1, -0.05) is 0 Å². The molecule has 0 aliphatic carbocycles. The fraction of sp³-hybridized carbons (Fsp3) is 0. The maximum atomic E-state index is 12.6. The maximum Gasteiger partial charge on any atom is 0.229 e. The summed E-state index contributed by atoms with van der Waals surface area (Å²) in [6.07, 6.45) is 1.90. The lowest BCUT2D eigenvalue weighted by Gasteiger charge is -2.05. The van der Waals surface area contributed by atoms with Crippen molar-refractivity contribution in [3.8, 4) is 34.6 Å². The summed E-state index contributed by atoms with van der Waals surface area (Å²) in [5, 5.41) is 37.6. The molecule has 0 saturated carbocycles. The van der Waals surface area contributed by atoms with E-state index in [0.29, 0.717) is 0 Å². The molecule has 4 aromatic rings. The van der Waals surface area contributed by atoms with E-state index in [1.54, 1.807) is 0 Å². The molecule has 0 aliphatic heterocycles. The first-order valence-corrected chi connectivity index (χ1v) is 7.06. The number of hydrogen-bond donors (Lipinski definition) is 4. The van der Waals surface area contributed by atoms with Gasteiger partial charge in [0.2, 0.25) is 34.4 Å². The number of fused-ring (bicyclic) bond motifs is 2. The molecule has 0 aromatic carbocycles. The molecule has 26 heavy (non-hydrogen) atoms. The van der Waals surface area contributed by atoms with Crippen LogP contribution < -0.4 is 10.9 Å². The monoisotopic (exact) mass is 356 g/mol. The van der Waals surface area contributed by atoms with E-state index >= 15 is 0 Å². The van der Waals surface area contributed by atoms with Crippen LogP contribution in [0.5, 0.6) is 23.5 Å². The minimum absolute atomic E-state index is 0.136. The Hall–Kier alpha value is -4.08. The van der Waals surface area contributed by atoms with Crippen LogP contribution in [0.1, 0.15) is 0 Å². The van der Waals surface area contributed by atoms with Crippen LogP contribution in [0.2, 0.25) is 0 Å². The zero-order valence-electron chi connectivity index (χ0n) is 12.6. The number of pyridine rings is 2. The Kier molecular flexibility index (Phi) is 3.09. The van der Waals surface area contributed by atoms with Crippen molar-refractivity contribution in [2.24, 2.45) is 0 Å². The topological polar surface area (TPSA) is 167 Å².